The topological polar surface area (TPSA) is 75.9 Å². The van der Waals surface area contributed by atoms with Crippen LogP contribution in [0, 0.1) is 12.7 Å². The maximum absolute atomic E-state index is 14.7. The molecule has 0 saturated carbocycles. The number of halogens is 1. The fraction of sp³-hybridized carbons (Fsp3) is 0.474. The number of aromatic nitrogens is 4. The monoisotopic (exact) mass is 386 g/mol. The van der Waals surface area contributed by atoms with E-state index in [0.29, 0.717) is 54.2 Å². The first-order valence-electron chi connectivity index (χ1n) is 9.26. The van der Waals surface area contributed by atoms with Crippen molar-refractivity contribution < 1.29 is 13.9 Å². The third-order valence-corrected chi connectivity index (χ3v) is 4.71. The van der Waals surface area contributed by atoms with E-state index in [1.807, 2.05) is 25.7 Å². The molecule has 3 heterocycles. The molecule has 0 bridgehead atoms. The van der Waals surface area contributed by atoms with Gasteiger partial charge in [0.25, 0.3) is 0 Å². The molecule has 0 spiro atoms. The number of nitrogens with zero attached hydrogens (tertiary/aromatic N) is 6. The summed E-state index contributed by atoms with van der Waals surface area (Å²) >= 11 is 0. The molecule has 1 aliphatic rings. The zero-order chi connectivity index (χ0) is 20.1. The van der Waals surface area contributed by atoms with Gasteiger partial charge in [-0.15, -0.1) is 0 Å². The second-order valence-corrected chi connectivity index (χ2v) is 7.95. The molecule has 0 N–H and O–H groups in total. The lowest BCUT2D eigenvalue weighted by Crippen LogP contribution is -2.50. The average molecular weight is 386 g/mol. The van der Waals surface area contributed by atoms with Crippen molar-refractivity contribution in [1.29, 1.82) is 0 Å². The number of hydrogen-bond acceptors (Lipinski definition) is 6. The third kappa shape index (κ3) is 3.21. The van der Waals surface area contributed by atoms with Crippen LogP contribution in [0.1, 0.15) is 26.3 Å². The summed E-state index contributed by atoms with van der Waals surface area (Å²) in [5, 5.41) is 4.62. The number of ether oxygens (including phenoxy) is 1. The van der Waals surface area contributed by atoms with Crippen molar-refractivity contribution in [3.8, 4) is 0 Å². The van der Waals surface area contributed by atoms with E-state index in [-0.39, 0.29) is 11.9 Å². The van der Waals surface area contributed by atoms with Gasteiger partial charge in [-0.1, -0.05) is 6.07 Å². The van der Waals surface area contributed by atoms with Crippen LogP contribution >= 0.6 is 0 Å². The molecule has 1 amide bonds. The van der Waals surface area contributed by atoms with Crippen LogP contribution in [0.25, 0.3) is 16.6 Å². The van der Waals surface area contributed by atoms with Crippen LogP contribution in [0.5, 0.6) is 0 Å². The van der Waals surface area contributed by atoms with Gasteiger partial charge in [0.2, 0.25) is 5.95 Å². The van der Waals surface area contributed by atoms with E-state index < -0.39 is 5.60 Å². The zero-order valence-corrected chi connectivity index (χ0v) is 16.4. The summed E-state index contributed by atoms with van der Waals surface area (Å²) in [6, 6.07) is 3.50. The van der Waals surface area contributed by atoms with Gasteiger partial charge in [-0.3, -0.25) is 0 Å². The summed E-state index contributed by atoms with van der Waals surface area (Å²) in [6.45, 7) is 9.42. The zero-order valence-electron chi connectivity index (χ0n) is 16.4. The summed E-state index contributed by atoms with van der Waals surface area (Å²) in [5.41, 5.74) is 0.991. The number of aryl methyl sites for hydroxylation is 1. The summed E-state index contributed by atoms with van der Waals surface area (Å²) in [4.78, 5) is 24.9. The smallest absolute Gasteiger partial charge is 0.410 e. The predicted molar refractivity (Wildman–Crippen MR) is 103 cm³/mol. The Labute approximate surface area is 161 Å². The van der Waals surface area contributed by atoms with E-state index in [9.17, 15) is 9.18 Å². The largest absolute Gasteiger partial charge is 0.444 e. The standard InChI is InChI=1S/C19H23FN6O2/c1-12-5-6-13-14(15(12)20)16-21-11-22-26(16)17(23-13)24-7-9-25(10-8-24)18(27)28-19(2,3)4/h5-6,11H,7-10H2,1-4H3. The third-order valence-electron chi connectivity index (χ3n) is 4.71. The minimum atomic E-state index is -0.525. The number of carbonyl (C=O) groups excluding carboxylic acids is 1. The van der Waals surface area contributed by atoms with Gasteiger partial charge < -0.3 is 14.5 Å². The van der Waals surface area contributed by atoms with Crippen LogP contribution < -0.4 is 4.90 Å². The second-order valence-electron chi connectivity index (χ2n) is 7.95. The summed E-state index contributed by atoms with van der Waals surface area (Å²) < 4.78 is 21.7. The van der Waals surface area contributed by atoms with Gasteiger partial charge in [0.05, 0.1) is 10.9 Å². The van der Waals surface area contributed by atoms with Gasteiger partial charge >= 0.3 is 6.09 Å². The molecule has 0 aliphatic carbocycles. The van der Waals surface area contributed by atoms with Gasteiger partial charge in [0, 0.05) is 26.2 Å². The van der Waals surface area contributed by atoms with Crippen molar-refractivity contribution in [2.24, 2.45) is 0 Å². The minimum Gasteiger partial charge on any atom is -0.444 e. The van der Waals surface area contributed by atoms with Crippen LogP contribution in [0.3, 0.4) is 0 Å². The Morgan fingerprint density at radius 1 is 1.18 bits per heavy atom. The van der Waals surface area contributed by atoms with Crippen LogP contribution in [-0.2, 0) is 4.74 Å². The molecule has 1 fully saturated rings. The molecule has 8 nitrogen and oxygen atoms in total. The molecule has 3 aromatic rings. The Morgan fingerprint density at radius 2 is 1.89 bits per heavy atom. The second kappa shape index (κ2) is 6.57. The lowest BCUT2D eigenvalue weighted by Gasteiger charge is -2.36. The molecule has 0 atom stereocenters. The normalized spacial score (nSPS) is 15.5. The number of anilines is 1. The number of amides is 1. The molecule has 1 saturated heterocycles. The Hall–Kier alpha value is -2.97. The number of fused-ring (bicyclic) bond motifs is 3. The highest BCUT2D eigenvalue weighted by Crippen LogP contribution is 2.27. The highest BCUT2D eigenvalue weighted by atomic mass is 19.1. The molecule has 28 heavy (non-hydrogen) atoms. The number of rotatable bonds is 1. The minimum absolute atomic E-state index is 0.318. The Bertz CT molecular complexity index is 1050. The first-order valence-corrected chi connectivity index (χ1v) is 9.26. The Morgan fingerprint density at radius 3 is 2.57 bits per heavy atom. The number of carbonyl (C=O) groups is 1. The van der Waals surface area contributed by atoms with E-state index >= 15 is 0 Å². The van der Waals surface area contributed by atoms with Gasteiger partial charge in [0.15, 0.2) is 5.65 Å². The van der Waals surface area contributed by atoms with Crippen molar-refractivity contribution in [2.75, 3.05) is 31.1 Å². The maximum Gasteiger partial charge on any atom is 0.410 e. The van der Waals surface area contributed by atoms with E-state index in [0.717, 1.165) is 0 Å². The van der Waals surface area contributed by atoms with Gasteiger partial charge in [-0.25, -0.2) is 19.2 Å². The Balaban J connectivity index is 1.63. The van der Waals surface area contributed by atoms with Crippen molar-refractivity contribution in [3.63, 3.8) is 0 Å². The highest BCUT2D eigenvalue weighted by Gasteiger charge is 2.28. The van der Waals surface area contributed by atoms with Crippen molar-refractivity contribution in [1.82, 2.24) is 24.5 Å². The lowest BCUT2D eigenvalue weighted by molar-refractivity contribution is 0.0240. The summed E-state index contributed by atoms with van der Waals surface area (Å²) in [7, 11) is 0. The molecular weight excluding hydrogens is 363 g/mol. The van der Waals surface area contributed by atoms with E-state index in [4.69, 9.17) is 4.74 Å². The predicted octanol–water partition coefficient (Wildman–Crippen LogP) is 2.78. The lowest BCUT2D eigenvalue weighted by atomic mass is 10.1. The van der Waals surface area contributed by atoms with Gasteiger partial charge in [0.1, 0.15) is 17.7 Å². The van der Waals surface area contributed by atoms with Gasteiger partial charge in [-0.2, -0.15) is 9.61 Å². The molecular formula is C19H23FN6O2. The van der Waals surface area contributed by atoms with E-state index in [2.05, 4.69) is 15.1 Å². The Kier molecular flexibility index (Phi) is 4.32. The molecule has 1 aliphatic heterocycles. The molecule has 2 aromatic heterocycles. The fourth-order valence-electron chi connectivity index (χ4n) is 3.31. The number of benzene rings is 1. The van der Waals surface area contributed by atoms with Crippen LogP contribution in [0.4, 0.5) is 15.1 Å². The van der Waals surface area contributed by atoms with Gasteiger partial charge in [-0.05, 0) is 39.3 Å². The molecule has 0 radical (unpaired) electrons. The molecule has 148 valence electrons. The quantitative estimate of drug-likeness (QED) is 0.640. The SMILES string of the molecule is Cc1ccc2nc(N3CCN(C(=O)OC(C)(C)C)CC3)n3ncnc3c2c1F. The van der Waals surface area contributed by atoms with Crippen LogP contribution in [0.2, 0.25) is 0 Å². The van der Waals surface area contributed by atoms with E-state index in [1.54, 1.807) is 28.5 Å². The number of hydrogen-bond donors (Lipinski definition) is 0. The first kappa shape index (κ1) is 18.4. The summed E-state index contributed by atoms with van der Waals surface area (Å²) in [5.74, 6) is 0.261. The maximum atomic E-state index is 14.7. The van der Waals surface area contributed by atoms with Crippen molar-refractivity contribution in [3.05, 3.63) is 29.8 Å². The van der Waals surface area contributed by atoms with Crippen LogP contribution in [-0.4, -0.2) is 62.4 Å². The molecule has 9 heteroatoms. The highest BCUT2D eigenvalue weighted by molar-refractivity contribution is 5.93. The summed E-state index contributed by atoms with van der Waals surface area (Å²) in [6.07, 6.45) is 1.08. The van der Waals surface area contributed by atoms with Crippen LogP contribution in [0.15, 0.2) is 18.5 Å². The van der Waals surface area contributed by atoms with E-state index in [1.165, 1.54) is 6.33 Å². The fourth-order valence-corrected chi connectivity index (χ4v) is 3.31. The molecule has 0 unspecified atom stereocenters. The average Bonchev–Trinajstić information content (AvgIpc) is 3.12. The van der Waals surface area contributed by atoms with Crippen molar-refractivity contribution in [2.45, 2.75) is 33.3 Å². The molecule has 1 aromatic carbocycles. The number of piperazine rings is 1. The van der Waals surface area contributed by atoms with Crippen molar-refractivity contribution >= 4 is 28.6 Å². The molecule has 4 rings (SSSR count). The first-order chi connectivity index (χ1) is 13.2.